The number of allylic oxidation sites excluding steroid dienone is 2. The third-order valence-corrected chi connectivity index (χ3v) is 2.49. The van der Waals surface area contributed by atoms with E-state index in [1.807, 2.05) is 24.3 Å². The van der Waals surface area contributed by atoms with Crippen molar-refractivity contribution < 1.29 is 9.53 Å². The second kappa shape index (κ2) is 7.32. The van der Waals surface area contributed by atoms with E-state index in [4.69, 9.17) is 5.53 Å². The summed E-state index contributed by atoms with van der Waals surface area (Å²) in [5.41, 5.74) is 9.18. The number of hydrogen-bond donors (Lipinski definition) is 0. The molecule has 0 heterocycles. The van der Waals surface area contributed by atoms with E-state index in [2.05, 4.69) is 30.7 Å². The zero-order chi connectivity index (χ0) is 13.4. The highest BCUT2D eigenvalue weighted by molar-refractivity contribution is 9.10. The van der Waals surface area contributed by atoms with E-state index >= 15 is 0 Å². The minimum absolute atomic E-state index is 0.0895. The molecule has 1 aromatic rings. The van der Waals surface area contributed by atoms with E-state index in [1.165, 1.54) is 13.2 Å². The van der Waals surface area contributed by atoms with Gasteiger partial charge in [-0.3, -0.25) is 0 Å². The Morgan fingerprint density at radius 1 is 1.44 bits per heavy atom. The molecule has 6 heteroatoms. The Kier molecular flexibility index (Phi) is 5.70. The van der Waals surface area contributed by atoms with Crippen molar-refractivity contribution in [2.45, 2.75) is 0 Å². The smallest absolute Gasteiger partial charge is 0.340 e. The van der Waals surface area contributed by atoms with Gasteiger partial charge in [0.2, 0.25) is 0 Å². The highest BCUT2D eigenvalue weighted by Gasteiger charge is 2.04. The zero-order valence-electron chi connectivity index (χ0n) is 9.58. The van der Waals surface area contributed by atoms with Crippen LogP contribution < -0.4 is 0 Å². The highest BCUT2D eigenvalue weighted by atomic mass is 79.9. The van der Waals surface area contributed by atoms with Crippen LogP contribution in [0.4, 0.5) is 0 Å². The van der Waals surface area contributed by atoms with Gasteiger partial charge in [0.05, 0.1) is 7.11 Å². The lowest BCUT2D eigenvalue weighted by Crippen LogP contribution is -2.01. The van der Waals surface area contributed by atoms with Crippen LogP contribution in [0.3, 0.4) is 0 Å². The number of nitrogens with zero attached hydrogens (tertiary/aromatic N) is 3. The first kappa shape index (κ1) is 14.0. The van der Waals surface area contributed by atoms with Crippen molar-refractivity contribution in [1.82, 2.24) is 0 Å². The quantitative estimate of drug-likeness (QED) is 0.212. The molecule has 0 aromatic heterocycles. The molecule has 0 atom stereocenters. The van der Waals surface area contributed by atoms with Crippen LogP contribution in [0.1, 0.15) is 5.56 Å². The van der Waals surface area contributed by atoms with Crippen LogP contribution in [-0.2, 0) is 9.53 Å². The molecule has 0 fully saturated rings. The maximum atomic E-state index is 11.2. The maximum Gasteiger partial charge on any atom is 0.340 e. The predicted octanol–water partition coefficient (Wildman–Crippen LogP) is 3.83. The van der Waals surface area contributed by atoms with Crippen molar-refractivity contribution in [2.75, 3.05) is 7.11 Å². The standard InChI is InChI=1S/C12H10BrN3O2/c1-18-12(17)11(15-16-14)4-2-3-9-5-7-10(13)8-6-9/h2-8H,1H3/b3-2+,11-4-. The molecule has 0 saturated carbocycles. The fourth-order valence-corrected chi connectivity index (χ4v) is 1.38. The first-order valence-electron chi connectivity index (χ1n) is 4.94. The van der Waals surface area contributed by atoms with Crippen LogP contribution in [0.25, 0.3) is 16.5 Å². The molecule has 0 saturated heterocycles. The number of esters is 1. The second-order valence-electron chi connectivity index (χ2n) is 3.14. The summed E-state index contributed by atoms with van der Waals surface area (Å²) in [6.07, 6.45) is 4.79. The molecule has 1 rings (SSSR count). The SMILES string of the molecule is COC(=O)/C(=C/C=C/c1ccc(Br)cc1)N=[N+]=[N-]. The predicted molar refractivity (Wildman–Crippen MR) is 72.4 cm³/mol. The van der Waals surface area contributed by atoms with Gasteiger partial charge in [-0.15, -0.1) is 0 Å². The van der Waals surface area contributed by atoms with Gasteiger partial charge in [0.1, 0.15) is 5.70 Å². The topological polar surface area (TPSA) is 75.1 Å². The average Bonchev–Trinajstić information content (AvgIpc) is 2.39. The van der Waals surface area contributed by atoms with Crippen LogP contribution in [0.2, 0.25) is 0 Å². The zero-order valence-corrected chi connectivity index (χ0v) is 11.2. The van der Waals surface area contributed by atoms with E-state index in [1.54, 1.807) is 12.2 Å². The largest absolute Gasteiger partial charge is 0.466 e. The van der Waals surface area contributed by atoms with Gasteiger partial charge in [-0.1, -0.05) is 45.3 Å². The molecule has 0 bridgehead atoms. The number of hydrogen-bond acceptors (Lipinski definition) is 3. The molecule has 5 nitrogen and oxygen atoms in total. The van der Waals surface area contributed by atoms with Crippen LogP contribution in [0.15, 0.2) is 51.7 Å². The highest BCUT2D eigenvalue weighted by Crippen LogP contribution is 2.11. The molecule has 0 radical (unpaired) electrons. The monoisotopic (exact) mass is 307 g/mol. The van der Waals surface area contributed by atoms with Gasteiger partial charge in [-0.25, -0.2) is 4.79 Å². The number of azide groups is 1. The van der Waals surface area contributed by atoms with Gasteiger partial charge < -0.3 is 4.74 Å². The van der Waals surface area contributed by atoms with Crippen LogP contribution in [0, 0.1) is 0 Å². The number of carbonyl (C=O) groups is 1. The Balaban J connectivity index is 2.85. The van der Waals surface area contributed by atoms with Gasteiger partial charge in [-0.05, 0) is 29.3 Å². The molecule has 18 heavy (non-hydrogen) atoms. The number of ether oxygens (including phenoxy) is 1. The second-order valence-corrected chi connectivity index (χ2v) is 4.06. The molecule has 92 valence electrons. The molecular formula is C12H10BrN3O2. The van der Waals surface area contributed by atoms with Crippen molar-refractivity contribution in [3.8, 4) is 0 Å². The number of rotatable bonds is 4. The van der Waals surface area contributed by atoms with Gasteiger partial charge in [0, 0.05) is 9.38 Å². The summed E-state index contributed by atoms with van der Waals surface area (Å²) >= 11 is 3.33. The molecule has 0 aliphatic heterocycles. The summed E-state index contributed by atoms with van der Waals surface area (Å²) in [5.74, 6) is -0.673. The minimum Gasteiger partial charge on any atom is -0.466 e. The molecule has 0 amide bonds. The Morgan fingerprint density at radius 3 is 2.67 bits per heavy atom. The van der Waals surface area contributed by atoms with Crippen LogP contribution >= 0.6 is 15.9 Å². The fourth-order valence-electron chi connectivity index (χ4n) is 1.12. The number of carbonyl (C=O) groups excluding carboxylic acids is 1. The van der Waals surface area contributed by atoms with Crippen molar-refractivity contribution in [1.29, 1.82) is 0 Å². The third-order valence-electron chi connectivity index (χ3n) is 1.96. The van der Waals surface area contributed by atoms with Crippen molar-refractivity contribution in [3.63, 3.8) is 0 Å². The van der Waals surface area contributed by atoms with Crippen molar-refractivity contribution in [2.24, 2.45) is 5.11 Å². The van der Waals surface area contributed by atoms with E-state index in [0.29, 0.717) is 0 Å². The van der Waals surface area contributed by atoms with Gasteiger partial charge in [0.25, 0.3) is 0 Å². The van der Waals surface area contributed by atoms with Crippen LogP contribution in [-0.4, -0.2) is 13.1 Å². The van der Waals surface area contributed by atoms with Crippen molar-refractivity contribution >= 4 is 28.0 Å². The first-order chi connectivity index (χ1) is 8.67. The fraction of sp³-hybridized carbons (Fsp3) is 0.0833. The Labute approximate surface area is 113 Å². The normalized spacial score (nSPS) is 11.1. The lowest BCUT2D eigenvalue weighted by Gasteiger charge is -1.96. The summed E-state index contributed by atoms with van der Waals surface area (Å²) < 4.78 is 5.46. The molecule has 0 spiro atoms. The Bertz CT molecular complexity index is 529. The van der Waals surface area contributed by atoms with E-state index in [-0.39, 0.29) is 5.70 Å². The number of benzene rings is 1. The van der Waals surface area contributed by atoms with Gasteiger partial charge in [-0.2, -0.15) is 0 Å². The van der Waals surface area contributed by atoms with E-state index in [0.717, 1.165) is 10.0 Å². The molecular weight excluding hydrogens is 298 g/mol. The Hall–Kier alpha value is -2.04. The average molecular weight is 308 g/mol. The molecule has 0 aliphatic rings. The minimum atomic E-state index is -0.673. The maximum absolute atomic E-state index is 11.2. The summed E-state index contributed by atoms with van der Waals surface area (Å²) in [4.78, 5) is 13.8. The number of halogens is 1. The third kappa shape index (κ3) is 4.45. The number of methoxy groups -OCH3 is 1. The summed E-state index contributed by atoms with van der Waals surface area (Å²) in [5, 5.41) is 3.25. The van der Waals surface area contributed by atoms with Gasteiger partial charge in [0.15, 0.2) is 0 Å². The molecule has 1 aromatic carbocycles. The summed E-state index contributed by atoms with van der Waals surface area (Å²) in [6, 6.07) is 7.61. The Morgan fingerprint density at radius 2 is 2.11 bits per heavy atom. The van der Waals surface area contributed by atoms with E-state index < -0.39 is 5.97 Å². The molecule has 0 unspecified atom stereocenters. The van der Waals surface area contributed by atoms with Crippen LogP contribution in [0.5, 0.6) is 0 Å². The van der Waals surface area contributed by atoms with Gasteiger partial charge >= 0.3 is 5.97 Å². The molecule has 0 aliphatic carbocycles. The summed E-state index contributed by atoms with van der Waals surface area (Å²) in [7, 11) is 1.22. The molecule has 0 N–H and O–H groups in total. The first-order valence-corrected chi connectivity index (χ1v) is 5.74. The summed E-state index contributed by atoms with van der Waals surface area (Å²) in [6.45, 7) is 0. The lowest BCUT2D eigenvalue weighted by molar-refractivity contribution is -0.136. The lowest BCUT2D eigenvalue weighted by atomic mass is 10.2. The van der Waals surface area contributed by atoms with Crippen molar-refractivity contribution in [3.05, 3.63) is 62.6 Å². The van der Waals surface area contributed by atoms with E-state index in [9.17, 15) is 4.79 Å².